The third kappa shape index (κ3) is 5.32. The molecule has 0 aromatic carbocycles. The highest BCUT2D eigenvalue weighted by Crippen LogP contribution is 2.49. The Bertz CT molecular complexity index is 1150. The first-order valence-electron chi connectivity index (χ1n) is 12.9. The molecule has 5 rings (SSSR count). The highest BCUT2D eigenvalue weighted by atomic mass is 19.4. The number of rotatable bonds is 9. The molecule has 0 bridgehead atoms. The lowest BCUT2D eigenvalue weighted by Crippen LogP contribution is -2.54. The number of methoxy groups -OCH3 is 1. The number of halogens is 3. The summed E-state index contributed by atoms with van der Waals surface area (Å²) in [5, 5.41) is 0. The van der Waals surface area contributed by atoms with Crippen molar-refractivity contribution in [2.45, 2.75) is 57.1 Å². The van der Waals surface area contributed by atoms with Crippen LogP contribution >= 0.6 is 0 Å². The van der Waals surface area contributed by atoms with Gasteiger partial charge in [-0.25, -0.2) is 15.6 Å². The first-order valence-corrected chi connectivity index (χ1v) is 12.9. The van der Waals surface area contributed by atoms with Crippen molar-refractivity contribution in [3.63, 3.8) is 0 Å². The van der Waals surface area contributed by atoms with Gasteiger partial charge in [0.2, 0.25) is 0 Å². The summed E-state index contributed by atoms with van der Waals surface area (Å²) in [6.45, 7) is 2.67. The van der Waals surface area contributed by atoms with Gasteiger partial charge < -0.3 is 14.2 Å². The minimum atomic E-state index is -4.59. The number of aromatic nitrogens is 2. The van der Waals surface area contributed by atoms with Crippen molar-refractivity contribution < 1.29 is 27.4 Å². The van der Waals surface area contributed by atoms with Crippen LogP contribution < -0.4 is 16.5 Å². The van der Waals surface area contributed by atoms with Crippen LogP contribution in [0.5, 0.6) is 0 Å². The predicted molar refractivity (Wildman–Crippen MR) is 130 cm³/mol. The lowest BCUT2D eigenvalue weighted by atomic mass is 9.64. The van der Waals surface area contributed by atoms with Crippen molar-refractivity contribution in [1.82, 2.24) is 24.7 Å². The second kappa shape index (κ2) is 10.7. The number of alkyl halides is 3. The maximum atomic E-state index is 14.0. The van der Waals surface area contributed by atoms with E-state index in [-0.39, 0.29) is 36.4 Å². The number of hydrogen-bond acceptors (Lipinski definition) is 7. The SMILES string of the molecule is COCCOCc1cc(C(F)(F)F)c2cn(C3CCCC(C4(CC5NNCN5C)COC4)C3)c(=O)n2c1. The van der Waals surface area contributed by atoms with E-state index in [2.05, 4.69) is 22.8 Å². The highest BCUT2D eigenvalue weighted by molar-refractivity contribution is 5.56. The van der Waals surface area contributed by atoms with Gasteiger partial charge in [0.1, 0.15) is 0 Å². The molecule has 9 nitrogen and oxygen atoms in total. The standard InChI is InChI=1S/C25H36F3N5O4/c1-31-16-29-30-22(31)10-24(14-37-15-24)18-4-3-5-19(9-18)32-12-21-20(25(26,27)28)8-17(11-33(21)23(32)34)13-36-7-6-35-2/h8,11-12,18-19,22,29-30H,3-7,9-10,13-16H2,1-2H3. The molecule has 2 aliphatic heterocycles. The zero-order chi connectivity index (χ0) is 26.2. The molecule has 0 radical (unpaired) electrons. The van der Waals surface area contributed by atoms with Gasteiger partial charge in [0.05, 0.1) is 56.9 Å². The van der Waals surface area contributed by atoms with Gasteiger partial charge in [0, 0.05) is 31.0 Å². The molecule has 206 valence electrons. The van der Waals surface area contributed by atoms with E-state index in [1.165, 1.54) is 24.1 Å². The molecule has 12 heteroatoms. The molecule has 1 aliphatic carbocycles. The fourth-order valence-electron chi connectivity index (χ4n) is 6.12. The Morgan fingerprint density at radius 2 is 2.03 bits per heavy atom. The van der Waals surface area contributed by atoms with Crippen molar-refractivity contribution >= 4 is 5.52 Å². The summed E-state index contributed by atoms with van der Waals surface area (Å²) in [4.78, 5) is 15.7. The summed E-state index contributed by atoms with van der Waals surface area (Å²) >= 11 is 0. The van der Waals surface area contributed by atoms with Gasteiger partial charge in [-0.2, -0.15) is 13.2 Å². The Kier molecular flexibility index (Phi) is 7.68. The number of nitrogens with one attached hydrogen (secondary N) is 2. The van der Waals surface area contributed by atoms with Gasteiger partial charge in [-0.3, -0.25) is 13.9 Å². The number of hydrazine groups is 1. The van der Waals surface area contributed by atoms with E-state index >= 15 is 0 Å². The third-order valence-electron chi connectivity index (χ3n) is 8.27. The molecule has 0 amide bonds. The molecule has 37 heavy (non-hydrogen) atoms. The lowest BCUT2D eigenvalue weighted by Gasteiger charge is -2.51. The zero-order valence-corrected chi connectivity index (χ0v) is 21.4. The predicted octanol–water partition coefficient (Wildman–Crippen LogP) is 2.74. The van der Waals surface area contributed by atoms with E-state index in [4.69, 9.17) is 14.2 Å². The van der Waals surface area contributed by atoms with E-state index in [1.807, 2.05) is 0 Å². The molecule has 2 aromatic rings. The largest absolute Gasteiger partial charge is 0.418 e. The maximum Gasteiger partial charge on any atom is 0.418 e. The van der Waals surface area contributed by atoms with Gasteiger partial charge in [0.15, 0.2) is 0 Å². The second-order valence-corrected chi connectivity index (χ2v) is 10.7. The minimum absolute atomic E-state index is 0.00320. The Labute approximate surface area is 213 Å². The molecule has 3 atom stereocenters. The van der Waals surface area contributed by atoms with E-state index in [0.717, 1.165) is 49.2 Å². The Balaban J connectivity index is 1.41. The molecule has 2 aromatic heterocycles. The van der Waals surface area contributed by atoms with Crippen LogP contribution in [0.4, 0.5) is 13.2 Å². The number of imidazole rings is 1. The molecular formula is C25H36F3N5O4. The lowest BCUT2D eigenvalue weighted by molar-refractivity contribution is -0.167. The summed E-state index contributed by atoms with van der Waals surface area (Å²) in [6, 6.07) is 0.925. The maximum absolute atomic E-state index is 14.0. The van der Waals surface area contributed by atoms with E-state index in [1.54, 1.807) is 0 Å². The molecule has 0 spiro atoms. The monoisotopic (exact) mass is 527 g/mol. The van der Waals surface area contributed by atoms with E-state index < -0.39 is 17.4 Å². The quantitative estimate of drug-likeness (QED) is 0.486. The zero-order valence-electron chi connectivity index (χ0n) is 21.4. The van der Waals surface area contributed by atoms with Crippen LogP contribution in [0, 0.1) is 11.3 Å². The summed E-state index contributed by atoms with van der Waals surface area (Å²) in [7, 11) is 3.59. The average Bonchev–Trinajstić information content (AvgIpc) is 3.40. The summed E-state index contributed by atoms with van der Waals surface area (Å²) in [5.74, 6) is 0.331. The molecule has 1 saturated carbocycles. The average molecular weight is 528 g/mol. The number of fused-ring (bicyclic) bond motifs is 1. The highest BCUT2D eigenvalue weighted by Gasteiger charge is 2.49. The molecule has 3 unspecified atom stereocenters. The molecule has 2 saturated heterocycles. The van der Waals surface area contributed by atoms with Crippen LogP contribution in [0.15, 0.2) is 23.3 Å². The second-order valence-electron chi connectivity index (χ2n) is 10.7. The van der Waals surface area contributed by atoms with E-state index in [0.29, 0.717) is 31.3 Å². The third-order valence-corrected chi connectivity index (χ3v) is 8.27. The first kappa shape index (κ1) is 26.6. The van der Waals surface area contributed by atoms with Crippen molar-refractivity contribution in [1.29, 1.82) is 0 Å². The molecule has 3 aliphatic rings. The summed E-state index contributed by atoms with van der Waals surface area (Å²) in [5.41, 5.74) is 5.41. The summed E-state index contributed by atoms with van der Waals surface area (Å²) in [6.07, 6.45) is 2.85. The summed E-state index contributed by atoms with van der Waals surface area (Å²) < 4.78 is 60.7. The van der Waals surface area contributed by atoms with Crippen molar-refractivity contribution in [2.75, 3.05) is 47.3 Å². The Morgan fingerprint density at radius 1 is 1.22 bits per heavy atom. The van der Waals surface area contributed by atoms with Gasteiger partial charge in [-0.15, -0.1) is 0 Å². The molecule has 2 N–H and O–H groups in total. The number of ether oxygens (including phenoxy) is 3. The number of pyridine rings is 1. The number of nitrogens with zero attached hydrogens (tertiary/aromatic N) is 3. The van der Waals surface area contributed by atoms with Crippen LogP contribution in [-0.4, -0.2) is 67.3 Å². The molecular weight excluding hydrogens is 491 g/mol. The first-order chi connectivity index (χ1) is 17.7. The van der Waals surface area contributed by atoms with Gasteiger partial charge in [-0.1, -0.05) is 6.42 Å². The molecule has 3 fully saturated rings. The Morgan fingerprint density at radius 3 is 2.68 bits per heavy atom. The van der Waals surface area contributed by atoms with Gasteiger partial charge >= 0.3 is 11.9 Å². The topological polar surface area (TPSA) is 81.4 Å². The fourth-order valence-corrected chi connectivity index (χ4v) is 6.12. The van der Waals surface area contributed by atoms with Gasteiger partial charge in [-0.05, 0) is 50.3 Å². The van der Waals surface area contributed by atoms with Crippen molar-refractivity contribution in [2.24, 2.45) is 11.3 Å². The van der Waals surface area contributed by atoms with Crippen molar-refractivity contribution in [3.8, 4) is 0 Å². The normalized spacial score (nSPS) is 26.6. The fraction of sp³-hybridized carbons (Fsp3) is 0.720. The van der Waals surface area contributed by atoms with Crippen molar-refractivity contribution in [3.05, 3.63) is 40.1 Å². The minimum Gasteiger partial charge on any atom is -0.382 e. The van der Waals surface area contributed by atoms with Crippen LogP contribution in [0.25, 0.3) is 5.52 Å². The van der Waals surface area contributed by atoms with Crippen LogP contribution in [-0.2, 0) is 27.0 Å². The molecule has 4 heterocycles. The van der Waals surface area contributed by atoms with Gasteiger partial charge in [0.25, 0.3) is 0 Å². The van der Waals surface area contributed by atoms with Crippen LogP contribution in [0.1, 0.15) is 49.3 Å². The van der Waals surface area contributed by atoms with E-state index in [9.17, 15) is 18.0 Å². The smallest absolute Gasteiger partial charge is 0.382 e. The number of hydrogen-bond donors (Lipinski definition) is 2. The Hall–Kier alpha value is -1.96. The van der Waals surface area contributed by atoms with Crippen LogP contribution in [0.2, 0.25) is 0 Å². The van der Waals surface area contributed by atoms with Crippen LogP contribution in [0.3, 0.4) is 0 Å².